The van der Waals surface area contributed by atoms with Gasteiger partial charge in [0, 0.05) is 35.4 Å². The Hall–Kier alpha value is -3.72. The molecular weight excluding hydrogens is 384 g/mol. The fourth-order valence-electron chi connectivity index (χ4n) is 3.75. The molecule has 3 aromatic heterocycles. The molecule has 1 aliphatic rings. The molecular formula is C21H20N6O3. The quantitative estimate of drug-likeness (QED) is 0.411. The first-order valence-electron chi connectivity index (χ1n) is 9.81. The van der Waals surface area contributed by atoms with Crippen molar-refractivity contribution in [2.24, 2.45) is 0 Å². The minimum atomic E-state index is -0.535. The molecule has 0 saturated carbocycles. The van der Waals surface area contributed by atoms with E-state index in [0.717, 1.165) is 42.4 Å². The normalized spacial score (nSPS) is 16.6. The molecule has 0 aliphatic carbocycles. The zero-order valence-corrected chi connectivity index (χ0v) is 16.1. The summed E-state index contributed by atoms with van der Waals surface area (Å²) in [7, 11) is 0. The summed E-state index contributed by atoms with van der Waals surface area (Å²) in [5.41, 5.74) is 2.53. The Balaban J connectivity index is 1.52. The van der Waals surface area contributed by atoms with E-state index in [1.54, 1.807) is 12.4 Å². The van der Waals surface area contributed by atoms with Gasteiger partial charge in [-0.15, -0.1) is 0 Å². The van der Waals surface area contributed by atoms with Crippen LogP contribution in [0.25, 0.3) is 33.3 Å². The maximum absolute atomic E-state index is 12.2. The van der Waals surface area contributed by atoms with E-state index in [-0.39, 0.29) is 6.10 Å². The summed E-state index contributed by atoms with van der Waals surface area (Å²) < 4.78 is 6.00. The van der Waals surface area contributed by atoms with E-state index < -0.39 is 11.2 Å². The molecule has 1 aromatic carbocycles. The van der Waals surface area contributed by atoms with Crippen LogP contribution in [0.5, 0.6) is 5.88 Å². The number of ether oxygens (including phenoxy) is 1. The Morgan fingerprint density at radius 2 is 1.97 bits per heavy atom. The van der Waals surface area contributed by atoms with Crippen LogP contribution in [0.2, 0.25) is 0 Å². The van der Waals surface area contributed by atoms with Gasteiger partial charge in [0.1, 0.15) is 6.10 Å². The lowest BCUT2D eigenvalue weighted by atomic mass is 10.0. The third-order valence-electron chi connectivity index (χ3n) is 5.24. The largest absolute Gasteiger partial charge is 0.472 e. The Bertz CT molecular complexity index is 1320. The van der Waals surface area contributed by atoms with Crippen molar-refractivity contribution in [2.45, 2.75) is 18.9 Å². The van der Waals surface area contributed by atoms with E-state index >= 15 is 0 Å². The third-order valence-corrected chi connectivity index (χ3v) is 5.24. The van der Waals surface area contributed by atoms with Crippen LogP contribution in [0.4, 0.5) is 0 Å². The van der Waals surface area contributed by atoms with Crippen molar-refractivity contribution in [2.75, 3.05) is 13.1 Å². The first-order chi connectivity index (χ1) is 14.7. The first-order valence-corrected chi connectivity index (χ1v) is 9.81. The number of aromatic amines is 3. The Labute approximate surface area is 170 Å². The second-order valence-electron chi connectivity index (χ2n) is 7.28. The Morgan fingerprint density at radius 1 is 1.07 bits per heavy atom. The molecule has 30 heavy (non-hydrogen) atoms. The van der Waals surface area contributed by atoms with Gasteiger partial charge in [0.25, 0.3) is 5.56 Å². The van der Waals surface area contributed by atoms with Crippen LogP contribution < -0.4 is 21.3 Å². The average Bonchev–Trinajstić information content (AvgIpc) is 3.18. The van der Waals surface area contributed by atoms with Crippen LogP contribution in [-0.2, 0) is 0 Å². The van der Waals surface area contributed by atoms with Gasteiger partial charge >= 0.3 is 5.69 Å². The number of nitrogens with one attached hydrogen (secondary N) is 4. The van der Waals surface area contributed by atoms with Gasteiger partial charge in [-0.3, -0.25) is 14.8 Å². The highest BCUT2D eigenvalue weighted by molar-refractivity contribution is 5.97. The van der Waals surface area contributed by atoms with E-state index in [2.05, 4.69) is 30.2 Å². The molecule has 9 nitrogen and oxygen atoms in total. The molecule has 1 fully saturated rings. The summed E-state index contributed by atoms with van der Waals surface area (Å²) in [6, 6.07) is 5.61. The lowest BCUT2D eigenvalue weighted by Crippen LogP contribution is -2.37. The van der Waals surface area contributed by atoms with Crippen molar-refractivity contribution >= 4 is 10.9 Å². The summed E-state index contributed by atoms with van der Waals surface area (Å²) in [6.07, 6.45) is 8.75. The van der Waals surface area contributed by atoms with Gasteiger partial charge in [-0.2, -0.15) is 0 Å². The SMILES string of the molecule is O=c1[nH]cc(-c2ccc3[nH]cc(-c4cncc(O[C@@H]5CCCNC5)n4)c3c2)c(=O)[nH]1. The highest BCUT2D eigenvalue weighted by Gasteiger charge is 2.16. The standard InChI is InChI=1S/C21H20N6O3/c28-20-15(8-25-21(29)27-20)12-3-4-17-14(6-12)16(9-24-17)18-10-23-11-19(26-18)30-13-2-1-5-22-7-13/h3-4,6,8-11,13,22,24H,1-2,5,7H2,(H2,25,27,28,29)/t13-/m1/s1. The predicted molar refractivity (Wildman–Crippen MR) is 113 cm³/mol. The van der Waals surface area contributed by atoms with Gasteiger partial charge in [0.05, 0.1) is 23.7 Å². The van der Waals surface area contributed by atoms with Crippen LogP contribution in [0.15, 0.2) is 52.6 Å². The van der Waals surface area contributed by atoms with Crippen LogP contribution in [0.3, 0.4) is 0 Å². The number of piperidine rings is 1. The average molecular weight is 404 g/mol. The minimum absolute atomic E-state index is 0.0878. The summed E-state index contributed by atoms with van der Waals surface area (Å²) in [4.78, 5) is 40.4. The topological polar surface area (TPSA) is 129 Å². The number of H-pyrrole nitrogens is 3. The van der Waals surface area contributed by atoms with Crippen molar-refractivity contribution in [3.8, 4) is 28.3 Å². The van der Waals surface area contributed by atoms with E-state index in [1.807, 2.05) is 24.4 Å². The molecule has 0 radical (unpaired) electrons. The molecule has 0 unspecified atom stereocenters. The van der Waals surface area contributed by atoms with Gasteiger partial charge < -0.3 is 20.0 Å². The maximum atomic E-state index is 12.2. The summed E-state index contributed by atoms with van der Waals surface area (Å²) in [6.45, 7) is 1.82. The van der Waals surface area contributed by atoms with Crippen LogP contribution in [-0.4, -0.2) is 44.1 Å². The van der Waals surface area contributed by atoms with Crippen molar-refractivity contribution in [3.63, 3.8) is 0 Å². The molecule has 152 valence electrons. The van der Waals surface area contributed by atoms with Crippen molar-refractivity contribution in [1.29, 1.82) is 0 Å². The molecule has 1 aliphatic heterocycles. The molecule has 4 N–H and O–H groups in total. The fraction of sp³-hybridized carbons (Fsp3) is 0.238. The summed E-state index contributed by atoms with van der Waals surface area (Å²) in [5.74, 6) is 0.490. The number of aromatic nitrogens is 5. The number of nitrogens with zero attached hydrogens (tertiary/aromatic N) is 2. The van der Waals surface area contributed by atoms with Crippen LogP contribution in [0.1, 0.15) is 12.8 Å². The molecule has 1 atom stereocenters. The molecule has 0 amide bonds. The Morgan fingerprint density at radius 3 is 2.80 bits per heavy atom. The number of benzene rings is 1. The fourth-order valence-corrected chi connectivity index (χ4v) is 3.75. The number of hydrogen-bond donors (Lipinski definition) is 4. The van der Waals surface area contributed by atoms with Gasteiger partial charge in [-0.1, -0.05) is 6.07 Å². The monoisotopic (exact) mass is 404 g/mol. The maximum Gasteiger partial charge on any atom is 0.325 e. The molecule has 9 heteroatoms. The Kier molecular flexibility index (Phi) is 4.64. The van der Waals surface area contributed by atoms with Gasteiger partial charge in [0.15, 0.2) is 0 Å². The van der Waals surface area contributed by atoms with E-state index in [0.29, 0.717) is 22.7 Å². The second kappa shape index (κ2) is 7.60. The van der Waals surface area contributed by atoms with E-state index in [4.69, 9.17) is 4.74 Å². The zero-order valence-electron chi connectivity index (χ0n) is 16.1. The van der Waals surface area contributed by atoms with Crippen molar-refractivity contribution in [3.05, 3.63) is 63.8 Å². The lowest BCUT2D eigenvalue weighted by Gasteiger charge is -2.23. The van der Waals surface area contributed by atoms with Crippen LogP contribution in [0, 0.1) is 0 Å². The summed E-state index contributed by atoms with van der Waals surface area (Å²) in [5, 5.41) is 4.22. The number of rotatable bonds is 4. The molecule has 4 aromatic rings. The minimum Gasteiger partial charge on any atom is -0.472 e. The molecule has 1 saturated heterocycles. The predicted octanol–water partition coefficient (Wildman–Crippen LogP) is 1.80. The highest BCUT2D eigenvalue weighted by Crippen LogP contribution is 2.31. The van der Waals surface area contributed by atoms with Crippen molar-refractivity contribution < 1.29 is 4.74 Å². The third kappa shape index (κ3) is 3.50. The van der Waals surface area contributed by atoms with E-state index in [1.165, 1.54) is 6.20 Å². The van der Waals surface area contributed by atoms with E-state index in [9.17, 15) is 9.59 Å². The van der Waals surface area contributed by atoms with Crippen LogP contribution >= 0.6 is 0 Å². The van der Waals surface area contributed by atoms with Crippen molar-refractivity contribution in [1.82, 2.24) is 30.2 Å². The first kappa shape index (κ1) is 18.3. The smallest absolute Gasteiger partial charge is 0.325 e. The lowest BCUT2D eigenvalue weighted by molar-refractivity contribution is 0.160. The molecule has 4 heterocycles. The molecule has 0 bridgehead atoms. The highest BCUT2D eigenvalue weighted by atomic mass is 16.5. The van der Waals surface area contributed by atoms with Gasteiger partial charge in [-0.25, -0.2) is 9.78 Å². The number of hydrogen-bond acceptors (Lipinski definition) is 6. The van der Waals surface area contributed by atoms with Gasteiger partial charge in [-0.05, 0) is 37.1 Å². The van der Waals surface area contributed by atoms with Gasteiger partial charge in [0.2, 0.25) is 5.88 Å². The molecule has 5 rings (SSSR count). The number of fused-ring (bicyclic) bond motifs is 1. The zero-order chi connectivity index (χ0) is 20.5. The second-order valence-corrected chi connectivity index (χ2v) is 7.28. The summed E-state index contributed by atoms with van der Waals surface area (Å²) >= 11 is 0. The molecule has 0 spiro atoms.